The largest absolute Gasteiger partial charge is 0.457 e. The van der Waals surface area contributed by atoms with Crippen molar-refractivity contribution in [3.05, 3.63) is 60.4 Å². The van der Waals surface area contributed by atoms with Gasteiger partial charge in [0, 0.05) is 5.69 Å². The fourth-order valence-corrected chi connectivity index (χ4v) is 2.83. The van der Waals surface area contributed by atoms with Crippen molar-refractivity contribution in [1.29, 1.82) is 0 Å². The number of anilines is 2. The molecule has 1 aromatic heterocycles. The summed E-state index contributed by atoms with van der Waals surface area (Å²) >= 11 is 0. The summed E-state index contributed by atoms with van der Waals surface area (Å²) in [7, 11) is 0. The van der Waals surface area contributed by atoms with Gasteiger partial charge in [0.1, 0.15) is 23.4 Å². The highest BCUT2D eigenvalue weighted by Gasteiger charge is 2.34. The van der Waals surface area contributed by atoms with Gasteiger partial charge in [0.05, 0.1) is 6.42 Å². The Morgan fingerprint density at radius 1 is 1.15 bits per heavy atom. The Bertz CT molecular complexity index is 982. The third-order valence-corrected chi connectivity index (χ3v) is 4.07. The maximum Gasteiger partial charge on any atom is 0.252 e. The normalized spacial score (nSPS) is 15.1. The second-order valence-electron chi connectivity index (χ2n) is 6.12. The zero-order valence-electron chi connectivity index (χ0n) is 14.5. The molecule has 2 amide bonds. The highest BCUT2D eigenvalue weighted by molar-refractivity contribution is 6.00. The number of benzene rings is 2. The van der Waals surface area contributed by atoms with Crippen molar-refractivity contribution >= 4 is 23.5 Å². The number of nitrogens with one attached hydrogen (secondary N) is 2. The van der Waals surface area contributed by atoms with E-state index in [-0.39, 0.29) is 18.2 Å². The Hall–Kier alpha value is -3.68. The van der Waals surface area contributed by atoms with Crippen molar-refractivity contribution in [1.82, 2.24) is 14.8 Å². The molecule has 2 N–H and O–H groups in total. The first-order valence-corrected chi connectivity index (χ1v) is 8.45. The Morgan fingerprint density at radius 3 is 2.59 bits per heavy atom. The van der Waals surface area contributed by atoms with Crippen LogP contribution >= 0.6 is 0 Å². The minimum absolute atomic E-state index is 0.0239. The van der Waals surface area contributed by atoms with Crippen LogP contribution in [0.2, 0.25) is 0 Å². The molecule has 0 bridgehead atoms. The van der Waals surface area contributed by atoms with Crippen LogP contribution in [0.5, 0.6) is 11.5 Å². The van der Waals surface area contributed by atoms with Crippen LogP contribution in [-0.2, 0) is 9.59 Å². The maximum absolute atomic E-state index is 12.3. The molecule has 136 valence electrons. The molecule has 8 nitrogen and oxygen atoms in total. The first kappa shape index (κ1) is 16.8. The van der Waals surface area contributed by atoms with E-state index in [1.54, 1.807) is 31.2 Å². The summed E-state index contributed by atoms with van der Waals surface area (Å²) < 4.78 is 7.17. The third kappa shape index (κ3) is 3.64. The minimum Gasteiger partial charge on any atom is -0.457 e. The van der Waals surface area contributed by atoms with Crippen LogP contribution < -0.4 is 15.4 Å². The third-order valence-electron chi connectivity index (χ3n) is 4.07. The monoisotopic (exact) mass is 363 g/mol. The van der Waals surface area contributed by atoms with Crippen LogP contribution in [0, 0.1) is 6.92 Å². The molecule has 2 aromatic carbocycles. The van der Waals surface area contributed by atoms with Gasteiger partial charge in [-0.3, -0.25) is 14.9 Å². The van der Waals surface area contributed by atoms with Gasteiger partial charge in [-0.1, -0.05) is 18.2 Å². The van der Waals surface area contributed by atoms with Crippen LogP contribution in [0.15, 0.2) is 54.6 Å². The van der Waals surface area contributed by atoms with Gasteiger partial charge in [0.15, 0.2) is 0 Å². The number of hydrogen-bond donors (Lipinski definition) is 2. The number of aromatic nitrogens is 3. The van der Waals surface area contributed by atoms with Crippen molar-refractivity contribution in [3.63, 3.8) is 0 Å². The lowest BCUT2D eigenvalue weighted by molar-refractivity contribution is -0.123. The second-order valence-corrected chi connectivity index (χ2v) is 6.12. The summed E-state index contributed by atoms with van der Waals surface area (Å²) in [5.41, 5.74) is 0.619. The smallest absolute Gasteiger partial charge is 0.252 e. The van der Waals surface area contributed by atoms with Gasteiger partial charge < -0.3 is 10.1 Å². The lowest BCUT2D eigenvalue weighted by Crippen LogP contribution is -2.23. The number of para-hydroxylation sites is 1. The van der Waals surface area contributed by atoms with E-state index in [1.807, 2.05) is 30.3 Å². The Kier molecular flexibility index (Phi) is 4.29. The molecular formula is C19H17N5O3. The van der Waals surface area contributed by atoms with Crippen LogP contribution in [-0.4, -0.2) is 26.6 Å². The zero-order chi connectivity index (χ0) is 18.8. The van der Waals surface area contributed by atoms with Gasteiger partial charge in [-0.05, 0) is 43.3 Å². The molecule has 0 fully saturated rings. The van der Waals surface area contributed by atoms with Crippen LogP contribution in [0.25, 0.3) is 0 Å². The second kappa shape index (κ2) is 6.91. The summed E-state index contributed by atoms with van der Waals surface area (Å²) in [5.74, 6) is 1.75. The van der Waals surface area contributed by atoms with Gasteiger partial charge in [-0.25, -0.2) is 4.68 Å². The molecule has 1 atom stereocenters. The molecule has 0 radical (unpaired) electrons. The minimum atomic E-state index is -0.693. The molecule has 0 spiro atoms. The summed E-state index contributed by atoms with van der Waals surface area (Å²) in [5, 5.41) is 9.56. The van der Waals surface area contributed by atoms with Crippen molar-refractivity contribution in [3.8, 4) is 11.5 Å². The van der Waals surface area contributed by atoms with E-state index in [0.717, 1.165) is 5.75 Å². The molecule has 4 rings (SSSR count). The van der Waals surface area contributed by atoms with Crippen molar-refractivity contribution in [2.75, 3.05) is 10.6 Å². The fraction of sp³-hybridized carbons (Fsp3) is 0.158. The zero-order valence-corrected chi connectivity index (χ0v) is 14.5. The summed E-state index contributed by atoms with van der Waals surface area (Å²) in [6.45, 7) is 1.73. The molecule has 8 heteroatoms. The number of carbonyl (C=O) groups excluding carboxylic acids is 2. The van der Waals surface area contributed by atoms with Crippen LogP contribution in [0.1, 0.15) is 18.3 Å². The van der Waals surface area contributed by atoms with Crippen LogP contribution in [0.4, 0.5) is 11.6 Å². The van der Waals surface area contributed by atoms with E-state index in [4.69, 9.17) is 4.74 Å². The Balaban J connectivity index is 1.38. The Labute approximate surface area is 155 Å². The molecule has 0 unspecified atom stereocenters. The number of fused-ring (bicyclic) bond motifs is 1. The first-order valence-electron chi connectivity index (χ1n) is 8.45. The lowest BCUT2D eigenvalue weighted by Gasteiger charge is -2.10. The molecule has 0 saturated heterocycles. The van der Waals surface area contributed by atoms with Crippen molar-refractivity contribution in [2.24, 2.45) is 0 Å². The molecule has 0 aliphatic carbocycles. The number of carbonyl (C=O) groups is 2. The number of ether oxygens (including phenoxy) is 1. The average molecular weight is 363 g/mol. The van der Waals surface area contributed by atoms with Gasteiger partial charge in [-0.15, -0.1) is 0 Å². The summed E-state index contributed by atoms with van der Waals surface area (Å²) in [6, 6.07) is 15.8. The highest BCUT2D eigenvalue weighted by Crippen LogP contribution is 2.26. The van der Waals surface area contributed by atoms with E-state index in [2.05, 4.69) is 20.7 Å². The van der Waals surface area contributed by atoms with E-state index < -0.39 is 6.04 Å². The molecule has 3 aromatic rings. The topological polar surface area (TPSA) is 98.1 Å². The van der Waals surface area contributed by atoms with E-state index in [1.165, 1.54) is 4.68 Å². The summed E-state index contributed by atoms with van der Waals surface area (Å²) in [6.07, 6.45) is -0.0239. The first-order chi connectivity index (χ1) is 13.1. The predicted octanol–water partition coefficient (Wildman–Crippen LogP) is 2.90. The molecule has 1 aliphatic heterocycles. The number of rotatable bonds is 5. The fourth-order valence-electron chi connectivity index (χ4n) is 2.83. The number of aryl methyl sites for hydroxylation is 1. The van der Waals surface area contributed by atoms with Crippen molar-refractivity contribution < 1.29 is 14.3 Å². The van der Waals surface area contributed by atoms with Gasteiger partial charge in [0.2, 0.25) is 11.9 Å². The number of nitrogens with zero attached hydrogens (tertiary/aromatic N) is 3. The van der Waals surface area contributed by atoms with Gasteiger partial charge >= 0.3 is 0 Å². The predicted molar refractivity (Wildman–Crippen MR) is 98.6 cm³/mol. The number of hydrogen-bond acceptors (Lipinski definition) is 5. The average Bonchev–Trinajstić information content (AvgIpc) is 3.14. The number of amides is 2. The molecule has 0 saturated carbocycles. The standard InChI is InChI=1S/C19H17N5O3/c1-12-20-19-22-18(26)16(24(19)23-12)11-17(25)21-13-7-9-15(10-8-13)27-14-5-3-2-4-6-14/h2-10,16H,11H2,1H3,(H,21,25)(H,20,22,23,26)/t16-/m0/s1. The Morgan fingerprint density at radius 2 is 1.85 bits per heavy atom. The van der Waals surface area contributed by atoms with Gasteiger partial charge in [-0.2, -0.15) is 10.1 Å². The maximum atomic E-state index is 12.3. The van der Waals surface area contributed by atoms with Crippen LogP contribution in [0.3, 0.4) is 0 Å². The van der Waals surface area contributed by atoms with E-state index in [0.29, 0.717) is 23.2 Å². The lowest BCUT2D eigenvalue weighted by atomic mass is 10.2. The highest BCUT2D eigenvalue weighted by atomic mass is 16.5. The molecule has 1 aliphatic rings. The molecule has 2 heterocycles. The van der Waals surface area contributed by atoms with Crippen molar-refractivity contribution in [2.45, 2.75) is 19.4 Å². The quantitative estimate of drug-likeness (QED) is 0.726. The van der Waals surface area contributed by atoms with E-state index in [9.17, 15) is 9.59 Å². The summed E-state index contributed by atoms with van der Waals surface area (Å²) in [4.78, 5) is 28.4. The SMILES string of the molecule is Cc1nc2n(n1)[C@@H](CC(=O)Nc1ccc(Oc3ccccc3)cc1)C(=O)N2. The molecular weight excluding hydrogens is 346 g/mol. The van der Waals surface area contributed by atoms with Gasteiger partial charge in [0.25, 0.3) is 5.91 Å². The van der Waals surface area contributed by atoms with E-state index >= 15 is 0 Å². The molecule has 27 heavy (non-hydrogen) atoms.